The number of quaternary nitrogens is 1. The van der Waals surface area contributed by atoms with E-state index in [4.69, 9.17) is 10.7 Å². The summed E-state index contributed by atoms with van der Waals surface area (Å²) >= 11 is 0. The first kappa shape index (κ1) is 19.7. The Morgan fingerprint density at radius 2 is 1.65 bits per heavy atom. The van der Waals surface area contributed by atoms with E-state index in [0.717, 1.165) is 51.3 Å². The number of hydrogen-bond acceptors (Lipinski definition) is 6. The van der Waals surface area contributed by atoms with Gasteiger partial charge in [-0.25, -0.2) is 4.39 Å². The fraction of sp³-hybridized carbons (Fsp3) is 0.348. The van der Waals surface area contributed by atoms with Gasteiger partial charge in [0.25, 0.3) is 0 Å². The molecule has 2 aliphatic rings. The number of nitrogen functional groups attached to an aromatic ring is 1. The number of aryl methyl sites for hydroxylation is 1. The van der Waals surface area contributed by atoms with Gasteiger partial charge in [0.2, 0.25) is 11.9 Å². The molecule has 2 aliphatic heterocycles. The SMILES string of the molecule is Nc1nc(C[NH+]2CCN(c3ccccc3F)CC2)nc(N2CCCc3ccccc32)n1. The Morgan fingerprint density at radius 3 is 2.45 bits per heavy atom. The molecule has 2 aromatic carbocycles. The van der Waals surface area contributed by atoms with Gasteiger partial charge in [0.15, 0.2) is 5.82 Å². The molecule has 3 N–H and O–H groups in total. The van der Waals surface area contributed by atoms with Gasteiger partial charge in [-0.15, -0.1) is 0 Å². The van der Waals surface area contributed by atoms with Crippen LogP contribution in [-0.4, -0.2) is 47.7 Å². The molecule has 3 heterocycles. The highest BCUT2D eigenvalue weighted by molar-refractivity contribution is 5.63. The molecule has 7 nitrogen and oxygen atoms in total. The summed E-state index contributed by atoms with van der Waals surface area (Å²) in [4.78, 5) is 19.2. The minimum absolute atomic E-state index is 0.164. The number of halogens is 1. The van der Waals surface area contributed by atoms with Crippen molar-refractivity contribution in [3.8, 4) is 0 Å². The summed E-state index contributed by atoms with van der Waals surface area (Å²) < 4.78 is 14.1. The number of rotatable bonds is 4. The lowest BCUT2D eigenvalue weighted by molar-refractivity contribution is -0.915. The number of fused-ring (bicyclic) bond motifs is 1. The summed E-state index contributed by atoms with van der Waals surface area (Å²) in [6.07, 6.45) is 2.12. The van der Waals surface area contributed by atoms with Crippen molar-refractivity contribution in [1.29, 1.82) is 0 Å². The monoisotopic (exact) mass is 420 g/mol. The number of nitrogens with two attached hydrogens (primary N) is 1. The maximum absolute atomic E-state index is 14.1. The summed E-state index contributed by atoms with van der Waals surface area (Å²) in [6.45, 7) is 4.92. The second-order valence-corrected chi connectivity index (χ2v) is 8.16. The highest BCUT2D eigenvalue weighted by Gasteiger charge is 2.25. The Kier molecular flexibility index (Phi) is 5.38. The maximum Gasteiger partial charge on any atom is 0.235 e. The van der Waals surface area contributed by atoms with Gasteiger partial charge in [-0.05, 0) is 36.6 Å². The largest absolute Gasteiger partial charge is 0.368 e. The molecule has 0 radical (unpaired) electrons. The van der Waals surface area contributed by atoms with E-state index in [1.807, 2.05) is 18.2 Å². The zero-order valence-corrected chi connectivity index (χ0v) is 17.5. The molecule has 0 aliphatic carbocycles. The zero-order chi connectivity index (χ0) is 21.2. The van der Waals surface area contributed by atoms with Crippen LogP contribution in [0.15, 0.2) is 48.5 Å². The zero-order valence-electron chi connectivity index (χ0n) is 17.5. The average Bonchev–Trinajstić information content (AvgIpc) is 2.79. The highest BCUT2D eigenvalue weighted by atomic mass is 19.1. The minimum atomic E-state index is -0.164. The Morgan fingerprint density at radius 1 is 0.903 bits per heavy atom. The molecule has 160 valence electrons. The predicted molar refractivity (Wildman–Crippen MR) is 119 cm³/mol. The molecule has 0 spiro atoms. The number of hydrogen-bond donors (Lipinski definition) is 2. The summed E-state index contributed by atoms with van der Waals surface area (Å²) in [5.74, 6) is 1.43. The number of para-hydroxylation sites is 2. The molecule has 0 amide bonds. The molecule has 0 unspecified atom stereocenters. The summed E-state index contributed by atoms with van der Waals surface area (Å²) in [6, 6.07) is 15.3. The van der Waals surface area contributed by atoms with Crippen LogP contribution >= 0.6 is 0 Å². The van der Waals surface area contributed by atoms with E-state index in [-0.39, 0.29) is 11.8 Å². The van der Waals surface area contributed by atoms with Gasteiger partial charge in [0, 0.05) is 12.2 Å². The molecule has 8 heteroatoms. The number of anilines is 4. The Balaban J connectivity index is 1.30. The first-order chi connectivity index (χ1) is 15.2. The highest BCUT2D eigenvalue weighted by Crippen LogP contribution is 2.31. The van der Waals surface area contributed by atoms with Crippen molar-refractivity contribution < 1.29 is 9.29 Å². The van der Waals surface area contributed by atoms with E-state index >= 15 is 0 Å². The molecule has 3 aromatic rings. The van der Waals surface area contributed by atoms with E-state index in [9.17, 15) is 4.39 Å². The molecule has 0 bridgehead atoms. The minimum Gasteiger partial charge on any atom is -0.368 e. The van der Waals surface area contributed by atoms with Gasteiger partial charge in [-0.3, -0.25) is 0 Å². The van der Waals surface area contributed by atoms with Crippen LogP contribution in [0.3, 0.4) is 0 Å². The lowest BCUT2D eigenvalue weighted by Gasteiger charge is -2.33. The Labute approximate surface area is 181 Å². The summed E-state index contributed by atoms with van der Waals surface area (Å²) in [7, 11) is 0. The number of aromatic nitrogens is 3. The van der Waals surface area contributed by atoms with Crippen LogP contribution in [0.5, 0.6) is 0 Å². The van der Waals surface area contributed by atoms with Crippen molar-refractivity contribution in [3.63, 3.8) is 0 Å². The summed E-state index contributed by atoms with van der Waals surface area (Å²) in [5, 5.41) is 0. The van der Waals surface area contributed by atoms with E-state index in [0.29, 0.717) is 24.0 Å². The van der Waals surface area contributed by atoms with Crippen LogP contribution in [0.4, 0.5) is 27.7 Å². The van der Waals surface area contributed by atoms with Crippen molar-refractivity contribution in [1.82, 2.24) is 15.0 Å². The van der Waals surface area contributed by atoms with Crippen LogP contribution in [0.1, 0.15) is 17.8 Å². The third-order valence-corrected chi connectivity index (χ3v) is 6.11. The van der Waals surface area contributed by atoms with Crippen LogP contribution in [0.2, 0.25) is 0 Å². The number of nitrogens with one attached hydrogen (secondary N) is 1. The smallest absolute Gasteiger partial charge is 0.235 e. The van der Waals surface area contributed by atoms with Gasteiger partial charge in [0.05, 0.1) is 31.9 Å². The Bertz CT molecular complexity index is 1070. The molecule has 1 aromatic heterocycles. The first-order valence-electron chi connectivity index (χ1n) is 10.9. The second kappa shape index (κ2) is 8.47. The topological polar surface area (TPSA) is 75.6 Å². The second-order valence-electron chi connectivity index (χ2n) is 8.16. The fourth-order valence-corrected chi connectivity index (χ4v) is 4.54. The number of nitrogens with zero attached hydrogens (tertiary/aromatic N) is 5. The van der Waals surface area contributed by atoms with Crippen LogP contribution in [0.25, 0.3) is 0 Å². The molecule has 0 atom stereocenters. The van der Waals surface area contributed by atoms with Crippen molar-refractivity contribution in [2.24, 2.45) is 0 Å². The van der Waals surface area contributed by atoms with Gasteiger partial charge in [-0.1, -0.05) is 30.3 Å². The first-order valence-corrected chi connectivity index (χ1v) is 10.9. The molecule has 0 saturated carbocycles. The quantitative estimate of drug-likeness (QED) is 0.668. The van der Waals surface area contributed by atoms with Crippen molar-refractivity contribution >= 4 is 23.3 Å². The third kappa shape index (κ3) is 4.16. The van der Waals surface area contributed by atoms with Crippen molar-refractivity contribution in [2.75, 3.05) is 48.3 Å². The lowest BCUT2D eigenvalue weighted by atomic mass is 10.0. The van der Waals surface area contributed by atoms with Crippen LogP contribution in [0, 0.1) is 5.82 Å². The van der Waals surface area contributed by atoms with E-state index in [1.54, 1.807) is 6.07 Å². The normalized spacial score (nSPS) is 16.9. The van der Waals surface area contributed by atoms with Gasteiger partial charge >= 0.3 is 0 Å². The fourth-order valence-electron chi connectivity index (χ4n) is 4.54. The molecular formula is C23H27FN7+. The Hall–Kier alpha value is -3.26. The molecular weight excluding hydrogens is 393 g/mol. The van der Waals surface area contributed by atoms with Gasteiger partial charge in [0.1, 0.15) is 12.4 Å². The van der Waals surface area contributed by atoms with E-state index in [1.165, 1.54) is 16.5 Å². The van der Waals surface area contributed by atoms with E-state index in [2.05, 4.69) is 38.0 Å². The average molecular weight is 421 g/mol. The predicted octanol–water partition coefficient (Wildman–Crippen LogP) is 1.58. The van der Waals surface area contributed by atoms with Crippen LogP contribution in [-0.2, 0) is 13.0 Å². The molecule has 5 rings (SSSR count). The lowest BCUT2D eigenvalue weighted by Crippen LogP contribution is -3.13. The maximum atomic E-state index is 14.1. The molecule has 1 fully saturated rings. The number of benzene rings is 2. The standard InChI is InChI=1S/C23H26FN7/c24-18-8-2-4-10-20(18)30-14-12-29(13-15-30)16-21-26-22(25)28-23(27-21)31-11-5-7-17-6-1-3-9-19(17)31/h1-4,6,8-10H,5,7,11-16H2,(H2,25,26,27,28)/p+1. The van der Waals surface area contributed by atoms with E-state index < -0.39 is 0 Å². The summed E-state index contributed by atoms with van der Waals surface area (Å²) in [5.41, 5.74) is 9.19. The van der Waals surface area contributed by atoms with Crippen LogP contribution < -0.4 is 20.4 Å². The third-order valence-electron chi connectivity index (χ3n) is 6.11. The van der Waals surface area contributed by atoms with Crippen molar-refractivity contribution in [3.05, 3.63) is 65.7 Å². The molecule has 31 heavy (non-hydrogen) atoms. The van der Waals surface area contributed by atoms with Gasteiger partial charge in [-0.2, -0.15) is 15.0 Å². The molecule has 1 saturated heterocycles. The number of piperazine rings is 1. The van der Waals surface area contributed by atoms with Crippen molar-refractivity contribution in [2.45, 2.75) is 19.4 Å². The van der Waals surface area contributed by atoms with Gasteiger partial charge < -0.3 is 20.4 Å².